The molecule has 1 aromatic heterocycles. The van der Waals surface area contributed by atoms with E-state index in [2.05, 4.69) is 15.5 Å². The molecule has 0 saturated heterocycles. The van der Waals surface area contributed by atoms with Gasteiger partial charge in [0, 0.05) is 31.0 Å². The number of ketones is 1. The fourth-order valence-corrected chi connectivity index (χ4v) is 2.99. The van der Waals surface area contributed by atoms with Crippen LogP contribution in [0.25, 0.3) is 11.4 Å². The standard InChI is InChI=1S/C24H25N3O5/c1-17(28)25-15-5-6-18-9-11-19(12-10-18)21(29)16-31-23(30)14-13-22-26-24(27-32-22)20-7-3-2-4-8-20/h2-4,7-12H,5-6,13-16H2,1H3,(H,25,28). The second-order valence-corrected chi connectivity index (χ2v) is 7.25. The lowest BCUT2D eigenvalue weighted by molar-refractivity contribution is -0.142. The highest BCUT2D eigenvalue weighted by molar-refractivity contribution is 5.97. The van der Waals surface area contributed by atoms with Crippen LogP contribution in [-0.4, -0.2) is 41.0 Å². The van der Waals surface area contributed by atoms with Gasteiger partial charge >= 0.3 is 5.97 Å². The fourth-order valence-electron chi connectivity index (χ4n) is 2.99. The first-order valence-electron chi connectivity index (χ1n) is 10.4. The van der Waals surface area contributed by atoms with Gasteiger partial charge < -0.3 is 14.6 Å². The molecule has 0 fully saturated rings. The van der Waals surface area contributed by atoms with Crippen molar-refractivity contribution in [3.05, 3.63) is 71.6 Å². The Labute approximate surface area is 186 Å². The van der Waals surface area contributed by atoms with E-state index in [-0.39, 0.29) is 31.1 Å². The second kappa shape index (κ2) is 11.5. The van der Waals surface area contributed by atoms with E-state index in [4.69, 9.17) is 9.26 Å². The summed E-state index contributed by atoms with van der Waals surface area (Å²) in [6, 6.07) is 16.5. The summed E-state index contributed by atoms with van der Waals surface area (Å²) in [6.45, 7) is 1.78. The molecule has 0 atom stereocenters. The van der Waals surface area contributed by atoms with E-state index in [1.807, 2.05) is 42.5 Å². The van der Waals surface area contributed by atoms with Crippen molar-refractivity contribution in [2.45, 2.75) is 32.6 Å². The Morgan fingerprint density at radius 2 is 1.75 bits per heavy atom. The number of aryl methyl sites for hydroxylation is 2. The summed E-state index contributed by atoms with van der Waals surface area (Å²) >= 11 is 0. The lowest BCUT2D eigenvalue weighted by Crippen LogP contribution is -2.21. The molecule has 8 heteroatoms. The molecular weight excluding hydrogens is 410 g/mol. The Morgan fingerprint density at radius 3 is 2.47 bits per heavy atom. The smallest absolute Gasteiger partial charge is 0.306 e. The van der Waals surface area contributed by atoms with Crippen LogP contribution in [0.2, 0.25) is 0 Å². The first-order valence-corrected chi connectivity index (χ1v) is 10.4. The maximum Gasteiger partial charge on any atom is 0.306 e. The average Bonchev–Trinajstić information content (AvgIpc) is 3.29. The monoisotopic (exact) mass is 435 g/mol. The molecule has 2 aromatic carbocycles. The minimum absolute atomic E-state index is 0.0386. The molecule has 0 aliphatic heterocycles. The molecule has 8 nitrogen and oxygen atoms in total. The molecule has 1 heterocycles. The van der Waals surface area contributed by atoms with Gasteiger partial charge in [0.25, 0.3) is 0 Å². The van der Waals surface area contributed by atoms with Crippen molar-refractivity contribution < 1.29 is 23.6 Å². The molecule has 0 saturated carbocycles. The predicted octanol–water partition coefficient (Wildman–Crippen LogP) is 3.16. The molecule has 1 amide bonds. The molecule has 32 heavy (non-hydrogen) atoms. The maximum absolute atomic E-state index is 12.3. The topological polar surface area (TPSA) is 111 Å². The third kappa shape index (κ3) is 7.16. The van der Waals surface area contributed by atoms with Crippen LogP contribution in [0.3, 0.4) is 0 Å². The number of nitrogens with zero attached hydrogens (tertiary/aromatic N) is 2. The lowest BCUT2D eigenvalue weighted by atomic mass is 10.1. The molecule has 0 spiro atoms. The van der Waals surface area contributed by atoms with Crippen LogP contribution in [0.1, 0.15) is 41.6 Å². The fraction of sp³-hybridized carbons (Fsp3) is 0.292. The first kappa shape index (κ1) is 22.9. The van der Waals surface area contributed by atoms with Crippen LogP contribution in [-0.2, 0) is 27.2 Å². The zero-order chi connectivity index (χ0) is 22.8. The highest BCUT2D eigenvalue weighted by atomic mass is 16.5. The molecular formula is C24H25N3O5. The van der Waals surface area contributed by atoms with E-state index >= 15 is 0 Å². The molecule has 0 radical (unpaired) electrons. The van der Waals surface area contributed by atoms with Gasteiger partial charge in [-0.25, -0.2) is 0 Å². The van der Waals surface area contributed by atoms with Gasteiger partial charge in [-0.15, -0.1) is 0 Å². The molecule has 0 aliphatic rings. The molecule has 166 valence electrons. The van der Waals surface area contributed by atoms with Gasteiger partial charge in [-0.3, -0.25) is 14.4 Å². The maximum atomic E-state index is 12.3. The van der Waals surface area contributed by atoms with E-state index in [0.29, 0.717) is 23.8 Å². The van der Waals surface area contributed by atoms with E-state index in [9.17, 15) is 14.4 Å². The zero-order valence-electron chi connectivity index (χ0n) is 17.9. The highest BCUT2D eigenvalue weighted by Gasteiger charge is 2.13. The Balaban J connectivity index is 1.38. The number of ether oxygens (including phenoxy) is 1. The van der Waals surface area contributed by atoms with E-state index in [1.54, 1.807) is 12.1 Å². The van der Waals surface area contributed by atoms with Gasteiger partial charge in [-0.2, -0.15) is 4.98 Å². The number of hydrogen-bond donors (Lipinski definition) is 1. The molecule has 0 bridgehead atoms. The van der Waals surface area contributed by atoms with Crippen molar-refractivity contribution in [2.24, 2.45) is 0 Å². The van der Waals surface area contributed by atoms with Crippen molar-refractivity contribution in [2.75, 3.05) is 13.2 Å². The van der Waals surface area contributed by atoms with Crippen LogP contribution >= 0.6 is 0 Å². The van der Waals surface area contributed by atoms with Crippen molar-refractivity contribution in [1.82, 2.24) is 15.5 Å². The van der Waals surface area contributed by atoms with Crippen molar-refractivity contribution >= 4 is 17.7 Å². The summed E-state index contributed by atoms with van der Waals surface area (Å²) in [6.07, 6.45) is 1.89. The van der Waals surface area contributed by atoms with Gasteiger partial charge in [0.05, 0.1) is 6.42 Å². The molecule has 1 N–H and O–H groups in total. The number of hydrogen-bond acceptors (Lipinski definition) is 7. The molecule has 0 aliphatic carbocycles. The molecule has 0 unspecified atom stereocenters. The summed E-state index contributed by atoms with van der Waals surface area (Å²) in [5.41, 5.74) is 2.38. The zero-order valence-corrected chi connectivity index (χ0v) is 17.9. The quantitative estimate of drug-likeness (QED) is 0.280. The third-order valence-electron chi connectivity index (χ3n) is 4.70. The van der Waals surface area contributed by atoms with Gasteiger partial charge in [0.15, 0.2) is 12.4 Å². The minimum atomic E-state index is -0.507. The summed E-state index contributed by atoms with van der Waals surface area (Å²) < 4.78 is 10.3. The largest absolute Gasteiger partial charge is 0.457 e. The number of aromatic nitrogens is 2. The number of Topliss-reactive ketones (excluding diaryl/α,β-unsaturated/α-hetero) is 1. The summed E-state index contributed by atoms with van der Waals surface area (Å²) in [4.78, 5) is 39.4. The van der Waals surface area contributed by atoms with Crippen molar-refractivity contribution in [3.63, 3.8) is 0 Å². The van der Waals surface area contributed by atoms with Crippen molar-refractivity contribution in [3.8, 4) is 11.4 Å². The van der Waals surface area contributed by atoms with Gasteiger partial charge in [-0.1, -0.05) is 59.8 Å². The Kier molecular flexibility index (Phi) is 8.25. The van der Waals surface area contributed by atoms with Crippen molar-refractivity contribution in [1.29, 1.82) is 0 Å². The van der Waals surface area contributed by atoms with Crippen LogP contribution in [0.5, 0.6) is 0 Å². The molecule has 3 rings (SSSR count). The van der Waals surface area contributed by atoms with Crippen LogP contribution in [0.4, 0.5) is 0 Å². The van der Waals surface area contributed by atoms with Crippen LogP contribution < -0.4 is 5.32 Å². The minimum Gasteiger partial charge on any atom is -0.457 e. The predicted molar refractivity (Wildman–Crippen MR) is 117 cm³/mol. The number of carbonyl (C=O) groups is 3. The third-order valence-corrected chi connectivity index (χ3v) is 4.70. The normalized spacial score (nSPS) is 10.5. The van der Waals surface area contributed by atoms with Crippen LogP contribution in [0.15, 0.2) is 59.1 Å². The number of nitrogens with one attached hydrogen (secondary N) is 1. The van der Waals surface area contributed by atoms with E-state index < -0.39 is 5.97 Å². The summed E-state index contributed by atoms with van der Waals surface area (Å²) in [5.74, 6) is -0.0295. The Morgan fingerprint density at radius 1 is 1.00 bits per heavy atom. The lowest BCUT2D eigenvalue weighted by Gasteiger charge is -2.06. The first-order chi connectivity index (χ1) is 15.5. The Bertz CT molecular complexity index is 1050. The van der Waals surface area contributed by atoms with Gasteiger partial charge in [0.2, 0.25) is 17.6 Å². The number of carbonyl (C=O) groups excluding carboxylic acids is 3. The highest BCUT2D eigenvalue weighted by Crippen LogP contribution is 2.15. The second-order valence-electron chi connectivity index (χ2n) is 7.25. The van der Waals surface area contributed by atoms with E-state index in [0.717, 1.165) is 24.0 Å². The SMILES string of the molecule is CC(=O)NCCCc1ccc(C(=O)COC(=O)CCc2nc(-c3ccccc3)no2)cc1. The number of amides is 1. The summed E-state index contributed by atoms with van der Waals surface area (Å²) in [5, 5.41) is 6.65. The average molecular weight is 435 g/mol. The van der Waals surface area contributed by atoms with E-state index in [1.165, 1.54) is 6.92 Å². The number of rotatable bonds is 11. The Hall–Kier alpha value is -3.81. The van der Waals surface area contributed by atoms with Crippen LogP contribution in [0, 0.1) is 0 Å². The van der Waals surface area contributed by atoms with Gasteiger partial charge in [0.1, 0.15) is 0 Å². The number of benzene rings is 2. The summed E-state index contributed by atoms with van der Waals surface area (Å²) in [7, 11) is 0. The number of esters is 1. The van der Waals surface area contributed by atoms with Gasteiger partial charge in [-0.05, 0) is 18.4 Å². The molecule has 3 aromatic rings.